The number of hydrogen-bond acceptors (Lipinski definition) is 6. The van der Waals surface area contributed by atoms with Crippen LogP contribution in [-0.4, -0.2) is 44.3 Å². The SMILES string of the molecule is CCCCCCc1cc(-c2cc(C(=O)O)c3c(C(=O)O)cc(-c4cc(CCCCCC)c(Br)s4)c(C(=O)O)c3c2C(=O)O)sc1Br. The first-order valence-corrected chi connectivity index (χ1v) is 18.3. The highest BCUT2D eigenvalue weighted by atomic mass is 79.9. The number of thiophene rings is 2. The summed E-state index contributed by atoms with van der Waals surface area (Å²) in [5.74, 6) is -5.99. The Kier molecular flexibility index (Phi) is 12.2. The molecule has 12 heteroatoms. The Labute approximate surface area is 291 Å². The summed E-state index contributed by atoms with van der Waals surface area (Å²) in [7, 11) is 0. The summed E-state index contributed by atoms with van der Waals surface area (Å²) >= 11 is 9.59. The number of carboxylic acid groups (broad SMARTS) is 4. The van der Waals surface area contributed by atoms with Crippen molar-refractivity contribution < 1.29 is 39.6 Å². The molecule has 4 N–H and O–H groups in total. The van der Waals surface area contributed by atoms with Crippen molar-refractivity contribution in [2.24, 2.45) is 0 Å². The summed E-state index contributed by atoms with van der Waals surface area (Å²) in [6.45, 7) is 4.23. The lowest BCUT2D eigenvalue weighted by Gasteiger charge is -2.18. The van der Waals surface area contributed by atoms with Gasteiger partial charge in [0.1, 0.15) is 0 Å². The summed E-state index contributed by atoms with van der Waals surface area (Å²) in [5.41, 5.74) is 0.00649. The zero-order valence-corrected chi connectivity index (χ0v) is 30.2. The van der Waals surface area contributed by atoms with Crippen molar-refractivity contribution in [3.8, 4) is 20.9 Å². The number of hydrogen-bond donors (Lipinski definition) is 4. The minimum atomic E-state index is -1.50. The molecule has 0 amide bonds. The maximum absolute atomic E-state index is 13.1. The number of halogens is 2. The number of carboxylic acids is 4. The van der Waals surface area contributed by atoms with Crippen LogP contribution in [0.25, 0.3) is 31.7 Å². The molecule has 0 radical (unpaired) electrons. The maximum Gasteiger partial charge on any atom is 0.337 e. The topological polar surface area (TPSA) is 149 Å². The fraction of sp³-hybridized carbons (Fsp3) is 0.353. The van der Waals surface area contributed by atoms with Crippen molar-refractivity contribution in [2.75, 3.05) is 0 Å². The predicted molar refractivity (Wildman–Crippen MR) is 190 cm³/mol. The van der Waals surface area contributed by atoms with Crippen LogP contribution < -0.4 is 0 Å². The van der Waals surface area contributed by atoms with E-state index in [0.29, 0.717) is 9.75 Å². The third-order valence-corrected chi connectivity index (χ3v) is 11.9. The zero-order valence-electron chi connectivity index (χ0n) is 25.4. The van der Waals surface area contributed by atoms with Crippen LogP contribution >= 0.6 is 54.5 Å². The Bertz CT molecular complexity index is 1690. The molecule has 0 aliphatic heterocycles. The van der Waals surface area contributed by atoms with Gasteiger partial charge in [-0.3, -0.25) is 0 Å². The Morgan fingerprint density at radius 2 is 0.957 bits per heavy atom. The van der Waals surface area contributed by atoms with E-state index >= 15 is 0 Å². The highest BCUT2D eigenvalue weighted by Gasteiger charge is 2.32. The highest BCUT2D eigenvalue weighted by Crippen LogP contribution is 2.46. The molecule has 0 aliphatic carbocycles. The van der Waals surface area contributed by atoms with Crippen molar-refractivity contribution in [2.45, 2.75) is 78.1 Å². The molecular weight excluding hydrogens is 760 g/mol. The first-order valence-electron chi connectivity index (χ1n) is 15.1. The normalized spacial score (nSPS) is 11.3. The highest BCUT2D eigenvalue weighted by molar-refractivity contribution is 9.11. The standard InChI is InChI=1S/C34H34Br2O8S2/c1-3-5-7-9-11-17-13-23(45-29(17)35)19-15-21(31(37)38)25-22(32(39)40)16-20(27(34(43)44)28(25)26(19)33(41)42)24-14-18(30(36)46-24)12-10-8-6-4-2/h13-16H,3-12H2,1-2H3,(H,37,38)(H,39,40)(H,41,42)(H,43,44). The lowest BCUT2D eigenvalue weighted by atomic mass is 9.85. The Morgan fingerprint density at radius 1 is 0.565 bits per heavy atom. The largest absolute Gasteiger partial charge is 0.478 e. The lowest BCUT2D eigenvalue weighted by molar-refractivity contribution is 0.0676. The zero-order chi connectivity index (χ0) is 33.7. The molecular formula is C34H34Br2O8S2. The molecule has 0 atom stereocenters. The number of aromatic carboxylic acids is 4. The van der Waals surface area contributed by atoms with Gasteiger partial charge in [0.15, 0.2) is 0 Å². The van der Waals surface area contributed by atoms with Gasteiger partial charge in [-0.15, -0.1) is 22.7 Å². The monoisotopic (exact) mass is 792 g/mol. The molecule has 0 aliphatic rings. The minimum Gasteiger partial charge on any atom is -0.478 e. The summed E-state index contributed by atoms with van der Waals surface area (Å²) in [5, 5.41) is 41.0. The van der Waals surface area contributed by atoms with E-state index in [1.54, 1.807) is 12.1 Å². The average molecular weight is 795 g/mol. The Balaban J connectivity index is 2.07. The van der Waals surface area contributed by atoms with E-state index in [9.17, 15) is 39.6 Å². The van der Waals surface area contributed by atoms with Crippen LogP contribution in [0.2, 0.25) is 0 Å². The van der Waals surface area contributed by atoms with Crippen molar-refractivity contribution in [3.63, 3.8) is 0 Å². The van der Waals surface area contributed by atoms with Crippen LogP contribution in [0, 0.1) is 0 Å². The summed E-state index contributed by atoms with van der Waals surface area (Å²) < 4.78 is 1.53. The van der Waals surface area contributed by atoms with Crippen LogP contribution in [0.3, 0.4) is 0 Å². The van der Waals surface area contributed by atoms with Crippen molar-refractivity contribution in [1.82, 2.24) is 0 Å². The van der Waals surface area contributed by atoms with Gasteiger partial charge < -0.3 is 20.4 Å². The van der Waals surface area contributed by atoms with Crippen LogP contribution in [-0.2, 0) is 12.8 Å². The second-order valence-electron chi connectivity index (χ2n) is 11.1. The number of rotatable bonds is 16. The Hall–Kier alpha value is -3.06. The molecule has 0 fully saturated rings. The quantitative estimate of drug-likeness (QED) is 0.0819. The molecule has 2 aromatic carbocycles. The lowest BCUT2D eigenvalue weighted by Crippen LogP contribution is -2.14. The molecule has 0 saturated heterocycles. The average Bonchev–Trinajstić information content (AvgIpc) is 3.56. The summed E-state index contributed by atoms with van der Waals surface area (Å²) in [6, 6.07) is 5.90. The predicted octanol–water partition coefficient (Wildman–Crippen LogP) is 10.9. The van der Waals surface area contributed by atoms with E-state index in [4.69, 9.17) is 0 Å². The van der Waals surface area contributed by atoms with Gasteiger partial charge in [-0.1, -0.05) is 52.4 Å². The van der Waals surface area contributed by atoms with Gasteiger partial charge in [0.25, 0.3) is 0 Å². The van der Waals surface area contributed by atoms with E-state index in [-0.39, 0.29) is 11.1 Å². The van der Waals surface area contributed by atoms with Crippen LogP contribution in [0.15, 0.2) is 31.8 Å². The molecule has 4 aromatic rings. The fourth-order valence-electron chi connectivity index (χ4n) is 5.71. The second kappa shape index (κ2) is 15.7. The van der Waals surface area contributed by atoms with Crippen molar-refractivity contribution >= 4 is 89.2 Å². The van der Waals surface area contributed by atoms with Crippen LogP contribution in [0.1, 0.15) is 118 Å². The molecule has 0 spiro atoms. The van der Waals surface area contributed by atoms with Gasteiger partial charge >= 0.3 is 23.9 Å². The molecule has 4 rings (SSSR count). The third kappa shape index (κ3) is 7.56. The van der Waals surface area contributed by atoms with E-state index in [0.717, 1.165) is 95.0 Å². The van der Waals surface area contributed by atoms with Gasteiger partial charge in [-0.25, -0.2) is 19.2 Å². The van der Waals surface area contributed by atoms with Gasteiger partial charge in [0.2, 0.25) is 0 Å². The van der Waals surface area contributed by atoms with E-state index in [1.165, 1.54) is 22.7 Å². The first kappa shape index (κ1) is 35.8. The second-order valence-corrected chi connectivity index (χ2v) is 15.8. The van der Waals surface area contributed by atoms with E-state index < -0.39 is 56.9 Å². The molecule has 244 valence electrons. The number of carbonyl (C=O) groups is 4. The molecule has 0 saturated carbocycles. The van der Waals surface area contributed by atoms with Crippen LogP contribution in [0.4, 0.5) is 0 Å². The molecule has 0 unspecified atom stereocenters. The summed E-state index contributed by atoms with van der Waals surface area (Å²) in [4.78, 5) is 52.3. The molecule has 2 aromatic heterocycles. The number of aryl methyl sites for hydroxylation is 2. The molecule has 0 bridgehead atoms. The number of benzene rings is 2. The first-order chi connectivity index (χ1) is 21.9. The molecule has 46 heavy (non-hydrogen) atoms. The number of fused-ring (bicyclic) bond motifs is 1. The Morgan fingerprint density at radius 3 is 1.28 bits per heavy atom. The molecule has 2 heterocycles. The number of unbranched alkanes of at least 4 members (excludes halogenated alkanes) is 6. The molecule has 8 nitrogen and oxygen atoms in total. The minimum absolute atomic E-state index is 0.0165. The van der Waals surface area contributed by atoms with Gasteiger partial charge in [-0.05, 0) is 92.9 Å². The maximum atomic E-state index is 13.1. The van der Waals surface area contributed by atoms with Crippen molar-refractivity contribution in [1.29, 1.82) is 0 Å². The van der Waals surface area contributed by atoms with E-state index in [1.807, 2.05) is 0 Å². The van der Waals surface area contributed by atoms with Gasteiger partial charge in [-0.2, -0.15) is 0 Å². The van der Waals surface area contributed by atoms with Gasteiger partial charge in [0, 0.05) is 31.7 Å². The van der Waals surface area contributed by atoms with Crippen molar-refractivity contribution in [3.05, 3.63) is 65.2 Å². The van der Waals surface area contributed by atoms with Gasteiger partial charge in [0.05, 0.1) is 29.8 Å². The smallest absolute Gasteiger partial charge is 0.337 e. The third-order valence-electron chi connectivity index (χ3n) is 7.94. The van der Waals surface area contributed by atoms with E-state index in [2.05, 4.69) is 45.7 Å². The fourth-order valence-corrected chi connectivity index (χ4v) is 9.30. The summed E-state index contributed by atoms with van der Waals surface area (Å²) in [6.07, 6.45) is 9.63. The van der Waals surface area contributed by atoms with Crippen LogP contribution in [0.5, 0.6) is 0 Å².